The molecule has 0 aromatic carbocycles. The monoisotopic (exact) mass is 292 g/mol. The molecule has 0 bridgehead atoms. The van der Waals surface area contributed by atoms with E-state index in [-0.39, 0.29) is 0 Å². The van der Waals surface area contributed by atoms with Crippen LogP contribution in [0, 0.1) is 0 Å². The number of hydrogen-bond acceptors (Lipinski definition) is 5. The molecule has 1 aliphatic carbocycles. The summed E-state index contributed by atoms with van der Waals surface area (Å²) in [6.45, 7) is 11.2. The van der Waals surface area contributed by atoms with Gasteiger partial charge in [-0.1, -0.05) is 0 Å². The first kappa shape index (κ1) is 16.2. The number of rotatable bonds is 9. The van der Waals surface area contributed by atoms with Gasteiger partial charge < -0.3 is 10.1 Å². The molecule has 0 aliphatic heterocycles. The molecule has 2 rings (SSSR count). The first-order valence-electron chi connectivity index (χ1n) is 7.99. The normalized spacial score (nSPS) is 15.2. The lowest BCUT2D eigenvalue weighted by molar-refractivity contribution is 0.140. The third-order valence-electron chi connectivity index (χ3n) is 3.76. The van der Waals surface area contributed by atoms with E-state index in [0.29, 0.717) is 30.6 Å². The zero-order valence-electron chi connectivity index (χ0n) is 13.7. The first-order valence-corrected chi connectivity index (χ1v) is 7.99. The molecule has 118 valence electrons. The Morgan fingerprint density at radius 2 is 1.90 bits per heavy atom. The summed E-state index contributed by atoms with van der Waals surface area (Å²) in [6, 6.07) is 1.74. The molecule has 0 spiro atoms. The zero-order valence-corrected chi connectivity index (χ0v) is 13.7. The van der Waals surface area contributed by atoms with E-state index in [1.54, 1.807) is 12.4 Å². The molecule has 21 heavy (non-hydrogen) atoms. The minimum Gasteiger partial charge on any atom is -0.475 e. The Morgan fingerprint density at radius 3 is 2.43 bits per heavy atom. The molecule has 1 aliphatic rings. The highest BCUT2D eigenvalue weighted by molar-refractivity contribution is 5.07. The molecule has 1 saturated carbocycles. The predicted molar refractivity (Wildman–Crippen MR) is 84.4 cm³/mol. The van der Waals surface area contributed by atoms with Crippen molar-refractivity contribution in [3.8, 4) is 5.88 Å². The summed E-state index contributed by atoms with van der Waals surface area (Å²) in [5, 5.41) is 3.43. The second-order valence-corrected chi connectivity index (χ2v) is 6.27. The Bertz CT molecular complexity index is 407. The number of nitrogens with zero attached hydrogens (tertiary/aromatic N) is 3. The van der Waals surface area contributed by atoms with Crippen LogP contribution < -0.4 is 10.1 Å². The lowest BCUT2D eigenvalue weighted by atomic mass is 10.2. The van der Waals surface area contributed by atoms with Crippen LogP contribution >= 0.6 is 0 Å². The topological polar surface area (TPSA) is 50.3 Å². The molecule has 1 heterocycles. The first-order chi connectivity index (χ1) is 10.1. The van der Waals surface area contributed by atoms with Crippen LogP contribution in [-0.2, 0) is 6.54 Å². The maximum Gasteiger partial charge on any atom is 0.232 e. The van der Waals surface area contributed by atoms with Gasteiger partial charge in [-0.2, -0.15) is 0 Å². The zero-order chi connectivity index (χ0) is 15.2. The summed E-state index contributed by atoms with van der Waals surface area (Å²) in [6.07, 6.45) is 6.10. The molecule has 5 nitrogen and oxygen atoms in total. The van der Waals surface area contributed by atoms with Crippen molar-refractivity contribution in [2.75, 3.05) is 13.2 Å². The summed E-state index contributed by atoms with van der Waals surface area (Å²) in [7, 11) is 0. The third-order valence-corrected chi connectivity index (χ3v) is 3.76. The van der Waals surface area contributed by atoms with Gasteiger partial charge in [0.05, 0.1) is 18.1 Å². The Labute approximate surface area is 128 Å². The Morgan fingerprint density at radius 1 is 1.19 bits per heavy atom. The highest BCUT2D eigenvalue weighted by Gasteiger charge is 2.20. The van der Waals surface area contributed by atoms with E-state index >= 15 is 0 Å². The molecule has 1 fully saturated rings. The van der Waals surface area contributed by atoms with E-state index in [4.69, 9.17) is 4.74 Å². The number of ether oxygens (including phenoxy) is 1. The quantitative estimate of drug-likeness (QED) is 0.756. The van der Waals surface area contributed by atoms with E-state index in [2.05, 4.69) is 47.9 Å². The number of nitrogens with one attached hydrogen (secondary N) is 1. The third kappa shape index (κ3) is 5.59. The fourth-order valence-corrected chi connectivity index (χ4v) is 2.41. The number of aromatic nitrogens is 2. The van der Waals surface area contributed by atoms with E-state index < -0.39 is 0 Å². The highest BCUT2D eigenvalue weighted by atomic mass is 16.5. The molecule has 1 aromatic rings. The summed E-state index contributed by atoms with van der Waals surface area (Å²) >= 11 is 0. The van der Waals surface area contributed by atoms with Crippen molar-refractivity contribution in [2.45, 2.75) is 65.2 Å². The van der Waals surface area contributed by atoms with Crippen LogP contribution in [0.3, 0.4) is 0 Å². The maximum absolute atomic E-state index is 5.69. The van der Waals surface area contributed by atoms with E-state index in [1.807, 2.05) is 0 Å². The molecule has 0 radical (unpaired) electrons. The van der Waals surface area contributed by atoms with Gasteiger partial charge in [0.2, 0.25) is 5.88 Å². The Kier molecular flexibility index (Phi) is 5.94. The van der Waals surface area contributed by atoms with Crippen LogP contribution in [0.4, 0.5) is 0 Å². The summed E-state index contributed by atoms with van der Waals surface area (Å²) in [5.74, 6) is 0.609. The van der Waals surface area contributed by atoms with Crippen molar-refractivity contribution >= 4 is 0 Å². The van der Waals surface area contributed by atoms with Crippen molar-refractivity contribution in [1.29, 1.82) is 0 Å². The standard InChI is InChI=1S/C16H28N4O/c1-12(2)20(13(3)4)7-8-21-16-11-18-15(10-19-16)9-17-14-5-6-14/h10-14,17H,5-9H2,1-4H3. The van der Waals surface area contributed by atoms with Crippen LogP contribution in [-0.4, -0.2) is 46.1 Å². The van der Waals surface area contributed by atoms with Gasteiger partial charge >= 0.3 is 0 Å². The molecule has 0 saturated heterocycles. The smallest absolute Gasteiger partial charge is 0.232 e. The molecule has 0 amide bonds. The fraction of sp³-hybridized carbons (Fsp3) is 0.750. The molecular formula is C16H28N4O. The lowest BCUT2D eigenvalue weighted by Crippen LogP contribution is -2.39. The fourth-order valence-electron chi connectivity index (χ4n) is 2.41. The van der Waals surface area contributed by atoms with Gasteiger partial charge in [-0.3, -0.25) is 9.88 Å². The molecule has 0 atom stereocenters. The second-order valence-electron chi connectivity index (χ2n) is 6.27. The van der Waals surface area contributed by atoms with Crippen molar-refractivity contribution in [2.24, 2.45) is 0 Å². The molecular weight excluding hydrogens is 264 g/mol. The van der Waals surface area contributed by atoms with Gasteiger partial charge in [0.25, 0.3) is 0 Å². The SMILES string of the molecule is CC(C)N(CCOc1cnc(CNC2CC2)cn1)C(C)C. The summed E-state index contributed by atoms with van der Waals surface area (Å²) in [4.78, 5) is 11.1. The van der Waals surface area contributed by atoms with Crippen molar-refractivity contribution < 1.29 is 4.74 Å². The Hall–Kier alpha value is -1.20. The van der Waals surface area contributed by atoms with Crippen LogP contribution in [0.25, 0.3) is 0 Å². The maximum atomic E-state index is 5.69. The summed E-state index contributed by atoms with van der Waals surface area (Å²) in [5.41, 5.74) is 0.972. The van der Waals surface area contributed by atoms with Gasteiger partial charge in [-0.25, -0.2) is 4.98 Å². The lowest BCUT2D eigenvalue weighted by Gasteiger charge is -2.30. The largest absolute Gasteiger partial charge is 0.475 e. The van der Waals surface area contributed by atoms with Gasteiger partial charge in [-0.15, -0.1) is 0 Å². The molecule has 1 aromatic heterocycles. The van der Waals surface area contributed by atoms with Crippen molar-refractivity contribution in [1.82, 2.24) is 20.2 Å². The van der Waals surface area contributed by atoms with Gasteiger partial charge in [0.15, 0.2) is 0 Å². The minimum atomic E-state index is 0.524. The molecule has 0 unspecified atom stereocenters. The highest BCUT2D eigenvalue weighted by Crippen LogP contribution is 2.19. The van der Waals surface area contributed by atoms with Crippen LogP contribution in [0.15, 0.2) is 12.4 Å². The van der Waals surface area contributed by atoms with E-state index in [1.165, 1.54) is 12.8 Å². The van der Waals surface area contributed by atoms with Crippen molar-refractivity contribution in [3.05, 3.63) is 18.1 Å². The van der Waals surface area contributed by atoms with Crippen LogP contribution in [0.5, 0.6) is 5.88 Å². The second kappa shape index (κ2) is 7.71. The van der Waals surface area contributed by atoms with E-state index in [0.717, 1.165) is 18.8 Å². The molecule has 5 heteroatoms. The van der Waals surface area contributed by atoms with Gasteiger partial charge in [-0.05, 0) is 40.5 Å². The van der Waals surface area contributed by atoms with Crippen LogP contribution in [0.1, 0.15) is 46.2 Å². The predicted octanol–water partition coefficient (Wildman–Crippen LogP) is 2.23. The average molecular weight is 292 g/mol. The summed E-state index contributed by atoms with van der Waals surface area (Å²) < 4.78 is 5.69. The number of hydrogen-bond donors (Lipinski definition) is 1. The van der Waals surface area contributed by atoms with Gasteiger partial charge in [0, 0.05) is 31.2 Å². The Balaban J connectivity index is 1.72. The van der Waals surface area contributed by atoms with E-state index in [9.17, 15) is 0 Å². The average Bonchev–Trinajstić information content (AvgIpc) is 3.26. The van der Waals surface area contributed by atoms with Gasteiger partial charge in [0.1, 0.15) is 6.61 Å². The minimum absolute atomic E-state index is 0.524. The van der Waals surface area contributed by atoms with Crippen LogP contribution in [0.2, 0.25) is 0 Å². The molecule has 1 N–H and O–H groups in total. The van der Waals surface area contributed by atoms with Crippen molar-refractivity contribution in [3.63, 3.8) is 0 Å².